The van der Waals surface area contributed by atoms with Crippen molar-refractivity contribution in [3.63, 3.8) is 0 Å². The summed E-state index contributed by atoms with van der Waals surface area (Å²) in [6, 6.07) is 7.84. The summed E-state index contributed by atoms with van der Waals surface area (Å²) in [4.78, 5) is 39.4. The number of thioether (sulfide) groups is 1. The van der Waals surface area contributed by atoms with E-state index in [1.165, 1.54) is 11.3 Å². The fourth-order valence-electron chi connectivity index (χ4n) is 3.91. The van der Waals surface area contributed by atoms with Gasteiger partial charge in [0.05, 0.1) is 24.1 Å². The Morgan fingerprint density at radius 1 is 1.25 bits per heavy atom. The van der Waals surface area contributed by atoms with Gasteiger partial charge in [0.1, 0.15) is 5.69 Å². The second-order valence-electron chi connectivity index (χ2n) is 7.51. The molecule has 10 heteroatoms. The molecule has 0 bridgehead atoms. The molecule has 0 unspecified atom stereocenters. The molecule has 0 atom stereocenters. The smallest absolute Gasteiger partial charge is 0.275 e. The predicted molar refractivity (Wildman–Crippen MR) is 128 cm³/mol. The van der Waals surface area contributed by atoms with Gasteiger partial charge < -0.3 is 15.5 Å². The molecule has 32 heavy (non-hydrogen) atoms. The van der Waals surface area contributed by atoms with Gasteiger partial charge in [0.25, 0.3) is 11.8 Å². The van der Waals surface area contributed by atoms with Crippen molar-refractivity contribution in [3.8, 4) is 0 Å². The van der Waals surface area contributed by atoms with E-state index in [0.29, 0.717) is 22.9 Å². The average Bonchev–Trinajstić information content (AvgIpc) is 3.45. The molecule has 5 rings (SSSR count). The number of anilines is 3. The van der Waals surface area contributed by atoms with E-state index in [4.69, 9.17) is 0 Å². The number of hydrogen-bond acceptors (Lipinski definition) is 8. The normalized spacial score (nSPS) is 15.7. The van der Waals surface area contributed by atoms with Gasteiger partial charge in [0, 0.05) is 48.2 Å². The first-order valence-corrected chi connectivity index (χ1v) is 12.4. The van der Waals surface area contributed by atoms with E-state index in [1.54, 1.807) is 34.4 Å². The lowest BCUT2D eigenvalue weighted by Crippen LogP contribution is -2.43. The zero-order valence-corrected chi connectivity index (χ0v) is 19.1. The van der Waals surface area contributed by atoms with Gasteiger partial charge >= 0.3 is 0 Å². The number of carbonyl (C=O) groups excluding carboxylic acids is 2. The zero-order valence-electron chi connectivity index (χ0n) is 17.5. The van der Waals surface area contributed by atoms with Crippen LogP contribution in [0, 0.1) is 0 Å². The number of rotatable bonds is 5. The summed E-state index contributed by atoms with van der Waals surface area (Å²) in [7, 11) is 0. The third-order valence-corrected chi connectivity index (χ3v) is 7.17. The van der Waals surface area contributed by atoms with Gasteiger partial charge in [-0.05, 0) is 30.0 Å². The highest BCUT2D eigenvalue weighted by molar-refractivity contribution is 7.98. The van der Waals surface area contributed by atoms with Crippen molar-refractivity contribution < 1.29 is 9.59 Å². The summed E-state index contributed by atoms with van der Waals surface area (Å²) in [6.45, 7) is 3.99. The maximum atomic E-state index is 12.9. The van der Waals surface area contributed by atoms with Gasteiger partial charge in [0.2, 0.25) is 0 Å². The molecule has 0 aliphatic carbocycles. The van der Waals surface area contributed by atoms with Crippen molar-refractivity contribution >= 4 is 51.4 Å². The summed E-state index contributed by atoms with van der Waals surface area (Å²) in [5.74, 6) is -0.392. The molecule has 3 aromatic rings. The Morgan fingerprint density at radius 3 is 2.91 bits per heavy atom. The number of thiazole rings is 1. The lowest BCUT2D eigenvalue weighted by Gasteiger charge is -2.30. The van der Waals surface area contributed by atoms with E-state index in [1.807, 2.05) is 30.5 Å². The van der Waals surface area contributed by atoms with Crippen molar-refractivity contribution in [1.82, 2.24) is 15.3 Å². The van der Waals surface area contributed by atoms with Crippen LogP contribution in [-0.2, 0) is 6.54 Å². The second kappa shape index (κ2) is 8.89. The first-order chi connectivity index (χ1) is 15.6. The van der Waals surface area contributed by atoms with Crippen LogP contribution in [0.15, 0.2) is 46.9 Å². The number of amides is 2. The van der Waals surface area contributed by atoms with Crippen LogP contribution in [-0.4, -0.2) is 54.2 Å². The molecule has 0 radical (unpaired) electrons. The second-order valence-corrected chi connectivity index (χ2v) is 9.23. The lowest BCUT2D eigenvalue weighted by molar-refractivity contribution is 0.0991. The minimum absolute atomic E-state index is 0.0783. The Morgan fingerprint density at radius 2 is 2.09 bits per heavy atom. The molecule has 1 saturated heterocycles. The van der Waals surface area contributed by atoms with Crippen molar-refractivity contribution in [2.24, 2.45) is 0 Å². The number of carbonyl (C=O) groups is 2. The first-order valence-electron chi connectivity index (χ1n) is 10.3. The number of pyridine rings is 1. The van der Waals surface area contributed by atoms with Crippen molar-refractivity contribution in [2.75, 3.05) is 47.6 Å². The molecule has 1 fully saturated rings. The summed E-state index contributed by atoms with van der Waals surface area (Å²) in [5.41, 5.74) is 3.57. The summed E-state index contributed by atoms with van der Waals surface area (Å²) in [6.07, 6.45) is 5.38. The average molecular weight is 467 g/mol. The number of nitrogens with zero attached hydrogens (tertiary/aromatic N) is 4. The first kappa shape index (κ1) is 20.9. The number of aromatic nitrogens is 2. The van der Waals surface area contributed by atoms with E-state index in [2.05, 4.69) is 25.5 Å². The molecular weight excluding hydrogens is 444 g/mol. The SMILES string of the molecule is CSc1ccc2c(c1)C(=O)N(c1nc(C(=O)Nc3cnccc3N3CCNCC3)cs1)C2. The summed E-state index contributed by atoms with van der Waals surface area (Å²) in [5, 5.41) is 8.49. The Kier molecular flexibility index (Phi) is 5.81. The number of hydrogen-bond donors (Lipinski definition) is 2. The number of fused-ring (bicyclic) bond motifs is 1. The van der Waals surface area contributed by atoms with Crippen molar-refractivity contribution in [1.29, 1.82) is 0 Å². The molecule has 164 valence electrons. The molecule has 1 aromatic carbocycles. The Balaban J connectivity index is 1.33. The highest BCUT2D eigenvalue weighted by Crippen LogP contribution is 2.33. The van der Waals surface area contributed by atoms with Gasteiger partial charge in [0.15, 0.2) is 5.13 Å². The van der Waals surface area contributed by atoms with Crippen LogP contribution in [0.5, 0.6) is 0 Å². The Hall–Kier alpha value is -2.95. The van der Waals surface area contributed by atoms with Crippen LogP contribution in [0.4, 0.5) is 16.5 Å². The van der Waals surface area contributed by atoms with Crippen LogP contribution in [0.1, 0.15) is 26.4 Å². The molecule has 2 N–H and O–H groups in total. The highest BCUT2D eigenvalue weighted by atomic mass is 32.2. The molecule has 2 amide bonds. The summed E-state index contributed by atoms with van der Waals surface area (Å²) < 4.78 is 0. The molecule has 2 aliphatic heterocycles. The molecule has 2 aromatic heterocycles. The van der Waals surface area contributed by atoms with Crippen LogP contribution in [0.2, 0.25) is 0 Å². The van der Waals surface area contributed by atoms with E-state index in [9.17, 15) is 9.59 Å². The molecule has 2 aliphatic rings. The topological polar surface area (TPSA) is 90.5 Å². The van der Waals surface area contributed by atoms with E-state index < -0.39 is 0 Å². The molecule has 8 nitrogen and oxygen atoms in total. The van der Waals surface area contributed by atoms with E-state index in [-0.39, 0.29) is 17.5 Å². The molecule has 4 heterocycles. The van der Waals surface area contributed by atoms with Gasteiger partial charge in [-0.15, -0.1) is 23.1 Å². The third-order valence-electron chi connectivity index (χ3n) is 5.58. The van der Waals surface area contributed by atoms with Gasteiger partial charge in [-0.25, -0.2) is 4.98 Å². The quantitative estimate of drug-likeness (QED) is 0.559. The number of piperazine rings is 1. The van der Waals surface area contributed by atoms with Crippen molar-refractivity contribution in [3.05, 3.63) is 58.9 Å². The minimum atomic E-state index is -0.314. The highest BCUT2D eigenvalue weighted by Gasteiger charge is 2.31. The van der Waals surface area contributed by atoms with Gasteiger partial charge in [-0.1, -0.05) is 6.07 Å². The Bertz CT molecular complexity index is 1170. The largest absolute Gasteiger partial charge is 0.367 e. The van der Waals surface area contributed by atoms with Crippen LogP contribution >= 0.6 is 23.1 Å². The van der Waals surface area contributed by atoms with Crippen LogP contribution < -0.4 is 20.4 Å². The van der Waals surface area contributed by atoms with Crippen LogP contribution in [0.3, 0.4) is 0 Å². The van der Waals surface area contributed by atoms with E-state index in [0.717, 1.165) is 42.3 Å². The third kappa shape index (κ3) is 3.96. The monoisotopic (exact) mass is 466 g/mol. The summed E-state index contributed by atoms with van der Waals surface area (Å²) >= 11 is 2.90. The van der Waals surface area contributed by atoms with Gasteiger partial charge in [-0.2, -0.15) is 0 Å². The van der Waals surface area contributed by atoms with Gasteiger partial charge in [-0.3, -0.25) is 19.5 Å². The van der Waals surface area contributed by atoms with Crippen molar-refractivity contribution in [2.45, 2.75) is 11.4 Å². The number of benzene rings is 1. The fourth-order valence-corrected chi connectivity index (χ4v) is 5.15. The Labute approximate surface area is 194 Å². The van der Waals surface area contributed by atoms with E-state index >= 15 is 0 Å². The minimum Gasteiger partial charge on any atom is -0.367 e. The standard InChI is InChI=1S/C22H22N6O2S2/c1-31-15-3-2-14-12-28(21(30)16(14)10-15)22-26-18(13-32-22)20(29)25-17-11-24-5-4-19(17)27-8-6-23-7-9-27/h2-5,10-11,13,23H,6-9,12H2,1H3,(H,25,29). The maximum Gasteiger partial charge on any atom is 0.275 e. The molecule has 0 saturated carbocycles. The predicted octanol–water partition coefficient (Wildman–Crippen LogP) is 3.08. The molecular formula is C22H22N6O2S2. The van der Waals surface area contributed by atoms with Crippen LogP contribution in [0.25, 0.3) is 0 Å². The fraction of sp³-hybridized carbons (Fsp3) is 0.273. The lowest BCUT2D eigenvalue weighted by atomic mass is 10.1. The number of nitrogens with one attached hydrogen (secondary N) is 2. The maximum absolute atomic E-state index is 12.9. The zero-order chi connectivity index (χ0) is 22.1. The molecule has 0 spiro atoms.